The van der Waals surface area contributed by atoms with Crippen molar-refractivity contribution < 1.29 is 9.21 Å². The van der Waals surface area contributed by atoms with E-state index in [-0.39, 0.29) is 17.1 Å². The summed E-state index contributed by atoms with van der Waals surface area (Å²) in [5.41, 5.74) is 3.37. The van der Waals surface area contributed by atoms with Gasteiger partial charge in [0, 0.05) is 13.1 Å². The Kier molecular flexibility index (Phi) is 4.72. The molecule has 1 aliphatic rings. The Morgan fingerprint density at radius 2 is 2.32 bits per heavy atom. The lowest BCUT2D eigenvalue weighted by Gasteiger charge is -2.32. The summed E-state index contributed by atoms with van der Waals surface area (Å²) < 4.78 is 6.74. The van der Waals surface area contributed by atoms with E-state index in [2.05, 4.69) is 15.2 Å². The number of piperidine rings is 1. The van der Waals surface area contributed by atoms with Gasteiger partial charge in [-0.1, -0.05) is 35.2 Å². The average Bonchev–Trinajstić information content (AvgIpc) is 3.30. The second kappa shape index (κ2) is 7.13. The van der Waals surface area contributed by atoms with Gasteiger partial charge in [0.05, 0.1) is 11.2 Å². The molecule has 1 aliphatic heterocycles. The Balaban J connectivity index is 1.45. The van der Waals surface area contributed by atoms with Gasteiger partial charge in [0.2, 0.25) is 5.91 Å². The van der Waals surface area contributed by atoms with Gasteiger partial charge in [0.15, 0.2) is 15.8 Å². The Hall–Kier alpha value is -1.93. The highest BCUT2D eigenvalue weighted by Gasteiger charge is 2.30. The summed E-state index contributed by atoms with van der Waals surface area (Å²) in [4.78, 5) is 19.3. The van der Waals surface area contributed by atoms with Gasteiger partial charge >= 0.3 is 0 Å². The zero-order chi connectivity index (χ0) is 17.2. The minimum Gasteiger partial charge on any atom is -0.440 e. The molecule has 0 aliphatic carbocycles. The molecule has 25 heavy (non-hydrogen) atoms. The van der Waals surface area contributed by atoms with Crippen LogP contribution in [-0.2, 0) is 4.79 Å². The van der Waals surface area contributed by atoms with E-state index in [4.69, 9.17) is 4.42 Å². The number of amides is 1. The maximum Gasteiger partial charge on any atom is 0.235 e. The van der Waals surface area contributed by atoms with E-state index in [1.165, 1.54) is 23.1 Å². The fourth-order valence-corrected chi connectivity index (χ4v) is 4.83. The highest BCUT2D eigenvalue weighted by molar-refractivity contribution is 8.02. The second-order valence-electron chi connectivity index (χ2n) is 6.11. The van der Waals surface area contributed by atoms with E-state index in [0.717, 1.165) is 40.7 Å². The normalized spacial score (nSPS) is 19.2. The number of carbonyl (C=O) groups is 1. The van der Waals surface area contributed by atoms with Gasteiger partial charge < -0.3 is 9.32 Å². The van der Waals surface area contributed by atoms with Crippen molar-refractivity contribution in [2.24, 2.45) is 0 Å². The van der Waals surface area contributed by atoms with Gasteiger partial charge in [-0.25, -0.2) is 4.98 Å². The summed E-state index contributed by atoms with van der Waals surface area (Å²) in [7, 11) is 0. The molecule has 1 fully saturated rings. The number of benzene rings is 1. The molecule has 1 saturated heterocycles. The molecule has 8 heteroatoms. The van der Waals surface area contributed by atoms with Crippen LogP contribution >= 0.6 is 23.1 Å². The first-order valence-electron chi connectivity index (χ1n) is 8.28. The van der Waals surface area contributed by atoms with E-state index < -0.39 is 0 Å². The predicted octanol–water partition coefficient (Wildman–Crippen LogP) is 3.57. The third-order valence-corrected chi connectivity index (χ3v) is 6.26. The minimum absolute atomic E-state index is 0.140. The third kappa shape index (κ3) is 3.55. The number of hydrogen-bond donors (Lipinski definition) is 0. The lowest BCUT2D eigenvalue weighted by atomic mass is 9.98. The molecular formula is C17H18N4O2S2. The zero-order valence-electron chi connectivity index (χ0n) is 13.8. The van der Waals surface area contributed by atoms with Crippen LogP contribution in [0.15, 0.2) is 38.5 Å². The van der Waals surface area contributed by atoms with Crippen molar-refractivity contribution >= 4 is 40.1 Å². The Bertz CT molecular complexity index is 832. The van der Waals surface area contributed by atoms with Crippen LogP contribution in [0.5, 0.6) is 0 Å². The van der Waals surface area contributed by atoms with Crippen LogP contribution in [0.2, 0.25) is 0 Å². The second-order valence-corrected chi connectivity index (χ2v) is 8.53. The van der Waals surface area contributed by atoms with Crippen LogP contribution in [0.3, 0.4) is 0 Å². The van der Waals surface area contributed by atoms with Crippen molar-refractivity contribution in [3.05, 3.63) is 35.7 Å². The highest BCUT2D eigenvalue weighted by Crippen LogP contribution is 2.31. The molecule has 4 rings (SSSR count). The van der Waals surface area contributed by atoms with Gasteiger partial charge in [0.25, 0.3) is 0 Å². The largest absolute Gasteiger partial charge is 0.440 e. The smallest absolute Gasteiger partial charge is 0.235 e. The van der Waals surface area contributed by atoms with Crippen LogP contribution in [0, 0.1) is 0 Å². The molecule has 1 amide bonds. The van der Waals surface area contributed by atoms with Crippen molar-refractivity contribution in [2.45, 2.75) is 35.3 Å². The lowest BCUT2D eigenvalue weighted by Crippen LogP contribution is -2.42. The van der Waals surface area contributed by atoms with E-state index >= 15 is 0 Å². The molecule has 6 nitrogen and oxygen atoms in total. The number of thioether (sulfide) groups is 1. The number of rotatable bonds is 4. The van der Waals surface area contributed by atoms with Crippen LogP contribution in [-0.4, -0.2) is 44.3 Å². The maximum absolute atomic E-state index is 12.8. The van der Waals surface area contributed by atoms with E-state index in [9.17, 15) is 4.79 Å². The zero-order valence-corrected chi connectivity index (χ0v) is 15.4. The molecule has 130 valence electrons. The topological polar surface area (TPSA) is 72.1 Å². The third-order valence-electron chi connectivity index (χ3n) is 4.36. The molecule has 0 N–H and O–H groups in total. The van der Waals surface area contributed by atoms with Crippen molar-refractivity contribution in [3.8, 4) is 0 Å². The molecule has 1 aromatic carbocycles. The van der Waals surface area contributed by atoms with Crippen molar-refractivity contribution in [2.75, 3.05) is 13.1 Å². The molecule has 0 radical (unpaired) electrons. The molecule has 2 aromatic heterocycles. The SMILES string of the molecule is C[C@H](Sc1nncs1)C(=O)N1CCC[C@@H](c2nc3ccccc3o2)C1. The summed E-state index contributed by atoms with van der Waals surface area (Å²) in [6.07, 6.45) is 1.96. The Morgan fingerprint density at radius 3 is 3.12 bits per heavy atom. The quantitative estimate of drug-likeness (QED) is 0.650. The van der Waals surface area contributed by atoms with Crippen LogP contribution in [0.1, 0.15) is 31.6 Å². The number of para-hydroxylation sites is 2. The molecule has 3 heterocycles. The van der Waals surface area contributed by atoms with E-state index in [1.54, 1.807) is 5.51 Å². The van der Waals surface area contributed by atoms with Crippen LogP contribution < -0.4 is 0 Å². The summed E-state index contributed by atoms with van der Waals surface area (Å²) in [6.45, 7) is 3.38. The number of aromatic nitrogens is 3. The van der Waals surface area contributed by atoms with E-state index in [1.807, 2.05) is 36.1 Å². The van der Waals surface area contributed by atoms with Gasteiger partial charge in [-0.15, -0.1) is 10.2 Å². The fourth-order valence-electron chi connectivity index (χ4n) is 3.12. The maximum atomic E-state index is 12.8. The summed E-state index contributed by atoms with van der Waals surface area (Å²) >= 11 is 2.93. The van der Waals surface area contributed by atoms with Crippen molar-refractivity contribution in [1.29, 1.82) is 0 Å². The predicted molar refractivity (Wildman–Crippen MR) is 97.8 cm³/mol. The molecular weight excluding hydrogens is 356 g/mol. The minimum atomic E-state index is -0.171. The highest BCUT2D eigenvalue weighted by atomic mass is 32.2. The number of oxazole rings is 1. The molecule has 0 unspecified atom stereocenters. The van der Waals surface area contributed by atoms with Crippen molar-refractivity contribution in [1.82, 2.24) is 20.1 Å². The first-order valence-corrected chi connectivity index (χ1v) is 10.0. The van der Waals surface area contributed by atoms with Gasteiger partial charge in [0.1, 0.15) is 11.0 Å². The number of likely N-dealkylation sites (tertiary alicyclic amines) is 1. The summed E-state index contributed by atoms with van der Waals surface area (Å²) in [6, 6.07) is 7.78. The number of hydrogen-bond acceptors (Lipinski definition) is 7. The average molecular weight is 374 g/mol. The standard InChI is InChI=1S/C17H18N4O2S2/c1-11(25-17-20-18-10-24-17)16(22)21-8-4-5-12(9-21)15-19-13-6-2-3-7-14(13)23-15/h2-3,6-7,10-12H,4-5,8-9H2,1H3/t11-,12+/m0/s1. The number of carbonyl (C=O) groups excluding carboxylic acids is 1. The Labute approximate surface area is 153 Å². The Morgan fingerprint density at radius 1 is 1.44 bits per heavy atom. The number of fused-ring (bicyclic) bond motifs is 1. The van der Waals surface area contributed by atoms with Gasteiger partial charge in [-0.3, -0.25) is 4.79 Å². The van der Waals surface area contributed by atoms with Crippen LogP contribution in [0.25, 0.3) is 11.1 Å². The fraction of sp³-hybridized carbons (Fsp3) is 0.412. The first kappa shape index (κ1) is 16.5. The summed E-state index contributed by atoms with van der Waals surface area (Å²) in [5, 5.41) is 7.66. The number of nitrogens with zero attached hydrogens (tertiary/aromatic N) is 4. The van der Waals surface area contributed by atoms with E-state index in [0.29, 0.717) is 6.54 Å². The van der Waals surface area contributed by atoms with Gasteiger partial charge in [-0.2, -0.15) is 0 Å². The van der Waals surface area contributed by atoms with Crippen LogP contribution in [0.4, 0.5) is 0 Å². The summed E-state index contributed by atoms with van der Waals surface area (Å²) in [5.74, 6) is 1.04. The lowest BCUT2D eigenvalue weighted by molar-refractivity contribution is -0.131. The molecule has 3 aromatic rings. The monoisotopic (exact) mass is 374 g/mol. The molecule has 2 atom stereocenters. The molecule has 0 spiro atoms. The first-order chi connectivity index (χ1) is 12.2. The molecule has 0 saturated carbocycles. The van der Waals surface area contributed by atoms with Crippen molar-refractivity contribution in [3.63, 3.8) is 0 Å². The van der Waals surface area contributed by atoms with Gasteiger partial charge in [-0.05, 0) is 31.9 Å². The molecule has 0 bridgehead atoms.